The highest BCUT2D eigenvalue weighted by Gasteiger charge is 2.27. The van der Waals surface area contributed by atoms with Gasteiger partial charge >= 0.3 is 0 Å². The van der Waals surface area contributed by atoms with E-state index in [2.05, 4.69) is 31.4 Å². The summed E-state index contributed by atoms with van der Waals surface area (Å²) in [6, 6.07) is 9.07. The second kappa shape index (κ2) is 9.10. The number of rotatable bonds is 6. The molecule has 0 aliphatic carbocycles. The smallest absolute Gasteiger partial charge is 0.258 e. The van der Waals surface area contributed by atoms with Crippen LogP contribution in [0.4, 0.5) is 0 Å². The van der Waals surface area contributed by atoms with Gasteiger partial charge in [0.2, 0.25) is 5.82 Å². The molecule has 0 spiro atoms. The first-order valence-corrected chi connectivity index (χ1v) is 11.6. The van der Waals surface area contributed by atoms with Gasteiger partial charge in [0.1, 0.15) is 5.75 Å². The van der Waals surface area contributed by atoms with Crippen molar-refractivity contribution in [2.75, 3.05) is 11.9 Å². The third-order valence-corrected chi connectivity index (χ3v) is 6.18. The van der Waals surface area contributed by atoms with E-state index in [9.17, 15) is 4.79 Å². The Morgan fingerprint density at radius 2 is 2.16 bits per heavy atom. The van der Waals surface area contributed by atoms with Gasteiger partial charge in [0.25, 0.3) is 5.89 Å². The van der Waals surface area contributed by atoms with Gasteiger partial charge in [-0.25, -0.2) is 0 Å². The van der Waals surface area contributed by atoms with Gasteiger partial charge in [-0.1, -0.05) is 44.8 Å². The van der Waals surface area contributed by atoms with Crippen molar-refractivity contribution < 1.29 is 14.1 Å². The summed E-state index contributed by atoms with van der Waals surface area (Å²) in [6.45, 7) is 6.69. The highest BCUT2D eigenvalue weighted by Crippen LogP contribution is 2.34. The topological polar surface area (TPSA) is 77.2 Å². The minimum atomic E-state index is -0.287. The lowest BCUT2D eigenvalue weighted by Gasteiger charge is -2.27. The molecule has 0 radical (unpaired) electrons. The Labute approximate surface area is 194 Å². The van der Waals surface area contributed by atoms with Crippen LogP contribution in [0.2, 0.25) is 5.02 Å². The van der Waals surface area contributed by atoms with E-state index in [0.717, 1.165) is 35.2 Å². The average molecular weight is 505 g/mol. The van der Waals surface area contributed by atoms with Gasteiger partial charge in [0.15, 0.2) is 5.78 Å². The molecule has 162 valence electrons. The zero-order valence-electron chi connectivity index (χ0n) is 17.5. The molecule has 0 saturated carbocycles. The van der Waals surface area contributed by atoms with E-state index in [1.165, 1.54) is 5.56 Å². The Morgan fingerprint density at radius 3 is 2.87 bits per heavy atom. The number of benzene rings is 2. The molecule has 2 aromatic carbocycles. The van der Waals surface area contributed by atoms with Crippen LogP contribution in [0.5, 0.6) is 5.75 Å². The minimum absolute atomic E-state index is 0.0324. The number of nitrogens with one attached hydrogen (secondary N) is 1. The van der Waals surface area contributed by atoms with Crippen LogP contribution < -0.4 is 10.1 Å². The molecular formula is C23H23BrClN3O3. The van der Waals surface area contributed by atoms with Crippen molar-refractivity contribution in [1.29, 1.82) is 0 Å². The van der Waals surface area contributed by atoms with Crippen LogP contribution in [-0.4, -0.2) is 33.9 Å². The Bertz CT molecular complexity index is 1130. The van der Waals surface area contributed by atoms with Gasteiger partial charge in [-0.15, -0.1) is 0 Å². The fraction of sp³-hybridized carbons (Fsp3) is 0.348. The largest absolute Gasteiger partial charge is 0.489 e. The second-order valence-corrected chi connectivity index (χ2v) is 8.75. The predicted octanol–water partition coefficient (Wildman–Crippen LogP) is 5.30. The quantitative estimate of drug-likeness (QED) is 0.459. The van der Waals surface area contributed by atoms with Crippen molar-refractivity contribution in [3.8, 4) is 28.6 Å². The first-order chi connectivity index (χ1) is 14.9. The van der Waals surface area contributed by atoms with E-state index in [4.69, 9.17) is 20.9 Å². The molecular weight excluding hydrogens is 482 g/mol. The summed E-state index contributed by atoms with van der Waals surface area (Å²) in [7, 11) is 0. The summed E-state index contributed by atoms with van der Waals surface area (Å²) in [5.74, 6) is 1.64. The second-order valence-electron chi connectivity index (χ2n) is 7.78. The molecule has 0 bridgehead atoms. The zero-order chi connectivity index (χ0) is 22.1. The lowest BCUT2D eigenvalue weighted by molar-refractivity contribution is -0.118. The van der Waals surface area contributed by atoms with Gasteiger partial charge in [0.05, 0.1) is 22.5 Å². The summed E-state index contributed by atoms with van der Waals surface area (Å²) in [5, 5.41) is 8.31. The lowest BCUT2D eigenvalue weighted by atomic mass is 9.87. The van der Waals surface area contributed by atoms with Crippen LogP contribution in [0.3, 0.4) is 0 Å². The number of fused-ring (bicyclic) bond motifs is 1. The summed E-state index contributed by atoms with van der Waals surface area (Å²) in [4.78, 5) is 16.9. The summed E-state index contributed by atoms with van der Waals surface area (Å²) < 4.78 is 11.2. The van der Waals surface area contributed by atoms with Gasteiger partial charge in [0, 0.05) is 17.7 Å². The molecule has 31 heavy (non-hydrogen) atoms. The fourth-order valence-corrected chi connectivity index (χ4v) is 4.42. The monoisotopic (exact) mass is 503 g/mol. The minimum Gasteiger partial charge on any atom is -0.489 e. The zero-order valence-corrected chi connectivity index (χ0v) is 19.9. The van der Waals surface area contributed by atoms with Crippen LogP contribution in [0, 0.1) is 6.92 Å². The molecule has 1 N–H and O–H groups in total. The molecule has 1 unspecified atom stereocenters. The van der Waals surface area contributed by atoms with E-state index in [-0.39, 0.29) is 17.9 Å². The number of Topliss-reactive ketones (excluding diaryl/α,β-unsaturated/α-hetero) is 1. The predicted molar refractivity (Wildman–Crippen MR) is 124 cm³/mol. The summed E-state index contributed by atoms with van der Waals surface area (Å²) in [5.41, 5.74) is 4.87. The first kappa shape index (κ1) is 22.0. The standard InChI is InChI=1S/C23H23BrClN3O3/c1-12(2)30-20-7-4-14(10-18(20)25)23-27-22(28-31-23)16-5-6-17-15(13(16)3)8-9-26-21(17)19(29)11-24/h4-7,10,12,21,26H,8-9,11H2,1-3H3. The van der Waals surface area contributed by atoms with Crippen molar-refractivity contribution in [3.63, 3.8) is 0 Å². The van der Waals surface area contributed by atoms with Crippen molar-refractivity contribution >= 4 is 33.3 Å². The normalized spacial score (nSPS) is 15.7. The number of halogens is 2. The molecule has 4 rings (SSSR count). The van der Waals surface area contributed by atoms with Crippen molar-refractivity contribution in [2.24, 2.45) is 0 Å². The number of hydrogen-bond donors (Lipinski definition) is 1. The number of carbonyl (C=O) groups is 1. The van der Waals surface area contributed by atoms with Crippen LogP contribution >= 0.6 is 27.5 Å². The Balaban J connectivity index is 1.66. The Kier molecular flexibility index (Phi) is 6.46. The average Bonchev–Trinajstić information content (AvgIpc) is 3.24. The molecule has 0 saturated heterocycles. The maximum atomic E-state index is 12.3. The van der Waals surface area contributed by atoms with Crippen LogP contribution in [-0.2, 0) is 11.2 Å². The Hall–Kier alpha value is -2.22. The molecule has 1 atom stereocenters. The number of nitrogens with zero attached hydrogens (tertiary/aromatic N) is 2. The van der Waals surface area contributed by atoms with E-state index >= 15 is 0 Å². The van der Waals surface area contributed by atoms with Crippen molar-refractivity contribution in [3.05, 3.63) is 52.0 Å². The number of carbonyl (C=O) groups excluding carboxylic acids is 1. The molecule has 1 aliphatic rings. The van der Waals surface area contributed by atoms with E-state index in [1.54, 1.807) is 12.1 Å². The first-order valence-electron chi connectivity index (χ1n) is 10.1. The van der Waals surface area contributed by atoms with Crippen molar-refractivity contribution in [2.45, 2.75) is 39.3 Å². The highest BCUT2D eigenvalue weighted by atomic mass is 79.9. The van der Waals surface area contributed by atoms with E-state index < -0.39 is 0 Å². The summed E-state index contributed by atoms with van der Waals surface area (Å²) >= 11 is 9.63. The third kappa shape index (κ3) is 4.40. The molecule has 6 nitrogen and oxygen atoms in total. The van der Waals surface area contributed by atoms with Gasteiger partial charge in [-0.05, 0) is 62.1 Å². The number of aromatic nitrogens is 2. The summed E-state index contributed by atoms with van der Waals surface area (Å²) in [6.07, 6.45) is 0.878. The molecule has 1 aliphatic heterocycles. The molecule has 2 heterocycles. The number of ether oxygens (including phenoxy) is 1. The van der Waals surface area contributed by atoms with Gasteiger partial charge in [-0.3, -0.25) is 4.79 Å². The molecule has 0 amide bonds. The van der Waals surface area contributed by atoms with Gasteiger partial charge < -0.3 is 14.6 Å². The van der Waals surface area contributed by atoms with Crippen molar-refractivity contribution in [1.82, 2.24) is 15.5 Å². The molecule has 0 fully saturated rings. The maximum Gasteiger partial charge on any atom is 0.258 e. The van der Waals surface area contributed by atoms with E-state index in [1.807, 2.05) is 39.0 Å². The lowest BCUT2D eigenvalue weighted by Crippen LogP contribution is -2.36. The number of alkyl halides is 1. The van der Waals surface area contributed by atoms with Gasteiger partial charge in [-0.2, -0.15) is 4.98 Å². The molecule has 8 heteroatoms. The molecule has 3 aromatic rings. The maximum absolute atomic E-state index is 12.3. The van der Waals surface area contributed by atoms with Crippen LogP contribution in [0.15, 0.2) is 34.9 Å². The van der Waals surface area contributed by atoms with Crippen LogP contribution in [0.25, 0.3) is 22.8 Å². The third-order valence-electron chi connectivity index (χ3n) is 5.33. The number of ketones is 1. The fourth-order valence-electron chi connectivity index (χ4n) is 3.87. The highest BCUT2D eigenvalue weighted by molar-refractivity contribution is 9.09. The van der Waals surface area contributed by atoms with E-state index in [0.29, 0.717) is 27.8 Å². The number of hydrogen-bond acceptors (Lipinski definition) is 6. The molecule has 1 aromatic heterocycles. The Morgan fingerprint density at radius 1 is 1.35 bits per heavy atom. The van der Waals surface area contributed by atoms with Crippen LogP contribution in [0.1, 0.15) is 36.6 Å². The SMILES string of the molecule is Cc1c(-c2noc(-c3ccc(OC(C)C)c(Cl)c3)n2)ccc2c1CCNC2C(=O)CBr.